The van der Waals surface area contributed by atoms with Crippen LogP contribution in [0.25, 0.3) is 0 Å². The lowest BCUT2D eigenvalue weighted by atomic mass is 10.2. The van der Waals surface area contributed by atoms with Crippen LogP contribution in [0.3, 0.4) is 0 Å². The highest BCUT2D eigenvalue weighted by atomic mass is 35.5. The third kappa shape index (κ3) is 5.50. The van der Waals surface area contributed by atoms with E-state index in [1.54, 1.807) is 19.2 Å². The van der Waals surface area contributed by atoms with Gasteiger partial charge >= 0.3 is 0 Å². The Hall–Kier alpha value is -2.53. The number of amides is 2. The fourth-order valence-electron chi connectivity index (χ4n) is 2.27. The standard InChI is InChI=1S/C19H21ClN2O3/c1-13-4-7-16(10-18(13)20)21-19(24)12-22(14(2)23)11-15-5-8-17(25-3)9-6-15/h4-10H,11-12H2,1-3H3,(H,21,24). The number of nitrogens with zero attached hydrogens (tertiary/aromatic N) is 1. The van der Waals surface area contributed by atoms with Crippen molar-refractivity contribution in [3.63, 3.8) is 0 Å². The summed E-state index contributed by atoms with van der Waals surface area (Å²) in [4.78, 5) is 25.6. The predicted molar refractivity (Wildman–Crippen MR) is 98.9 cm³/mol. The van der Waals surface area contributed by atoms with Crippen molar-refractivity contribution in [3.05, 3.63) is 58.6 Å². The summed E-state index contributed by atoms with van der Waals surface area (Å²) in [6.45, 7) is 3.65. The normalized spacial score (nSPS) is 10.2. The summed E-state index contributed by atoms with van der Waals surface area (Å²) in [6, 6.07) is 12.7. The van der Waals surface area contributed by atoms with Gasteiger partial charge in [0, 0.05) is 24.2 Å². The van der Waals surface area contributed by atoms with Crippen molar-refractivity contribution in [1.29, 1.82) is 0 Å². The summed E-state index contributed by atoms with van der Waals surface area (Å²) >= 11 is 6.06. The van der Waals surface area contributed by atoms with Crippen LogP contribution in [0.4, 0.5) is 5.69 Å². The maximum Gasteiger partial charge on any atom is 0.244 e. The van der Waals surface area contributed by atoms with Gasteiger partial charge in [0.1, 0.15) is 12.3 Å². The minimum atomic E-state index is -0.274. The second-order valence-electron chi connectivity index (χ2n) is 5.74. The first-order valence-electron chi connectivity index (χ1n) is 7.83. The van der Waals surface area contributed by atoms with Gasteiger partial charge in [0.25, 0.3) is 0 Å². The lowest BCUT2D eigenvalue weighted by molar-refractivity contribution is -0.133. The van der Waals surface area contributed by atoms with E-state index in [-0.39, 0.29) is 18.4 Å². The number of anilines is 1. The van der Waals surface area contributed by atoms with Crippen molar-refractivity contribution in [2.45, 2.75) is 20.4 Å². The number of ether oxygens (including phenoxy) is 1. The van der Waals surface area contributed by atoms with Crippen LogP contribution in [0.5, 0.6) is 5.75 Å². The molecular formula is C19H21ClN2O3. The third-order valence-electron chi connectivity index (χ3n) is 3.77. The molecule has 6 heteroatoms. The number of methoxy groups -OCH3 is 1. The van der Waals surface area contributed by atoms with Crippen LogP contribution in [0, 0.1) is 6.92 Å². The molecule has 0 aliphatic carbocycles. The summed E-state index contributed by atoms with van der Waals surface area (Å²) in [5, 5.41) is 3.34. The molecule has 0 aliphatic heterocycles. The molecule has 0 radical (unpaired) electrons. The number of carbonyl (C=O) groups is 2. The smallest absolute Gasteiger partial charge is 0.244 e. The molecule has 0 saturated carbocycles. The lowest BCUT2D eigenvalue weighted by Crippen LogP contribution is -2.36. The molecule has 0 unspecified atom stereocenters. The van der Waals surface area contributed by atoms with Crippen LogP contribution in [0.2, 0.25) is 5.02 Å². The number of halogens is 1. The average molecular weight is 361 g/mol. The molecule has 0 heterocycles. The molecular weight excluding hydrogens is 340 g/mol. The van der Waals surface area contributed by atoms with Gasteiger partial charge in [-0.2, -0.15) is 0 Å². The zero-order valence-corrected chi connectivity index (χ0v) is 15.3. The van der Waals surface area contributed by atoms with Crippen LogP contribution < -0.4 is 10.1 Å². The Labute approximate surface area is 152 Å². The van der Waals surface area contributed by atoms with Crippen LogP contribution >= 0.6 is 11.6 Å². The van der Waals surface area contributed by atoms with E-state index in [9.17, 15) is 9.59 Å². The van der Waals surface area contributed by atoms with Crippen molar-refractivity contribution in [1.82, 2.24) is 4.90 Å². The molecule has 1 N–H and O–H groups in total. The highest BCUT2D eigenvalue weighted by molar-refractivity contribution is 6.31. The second kappa shape index (κ2) is 8.53. The minimum Gasteiger partial charge on any atom is -0.497 e. The van der Waals surface area contributed by atoms with Gasteiger partial charge in [-0.25, -0.2) is 0 Å². The largest absolute Gasteiger partial charge is 0.497 e. The molecule has 2 aromatic carbocycles. The van der Waals surface area contributed by atoms with E-state index in [2.05, 4.69) is 5.32 Å². The van der Waals surface area contributed by atoms with Gasteiger partial charge in [-0.3, -0.25) is 9.59 Å². The van der Waals surface area contributed by atoms with Crippen LogP contribution in [0.1, 0.15) is 18.1 Å². The second-order valence-corrected chi connectivity index (χ2v) is 6.14. The van der Waals surface area contributed by atoms with Gasteiger partial charge in [0.05, 0.1) is 7.11 Å². The molecule has 2 rings (SSSR count). The van der Waals surface area contributed by atoms with E-state index in [1.807, 2.05) is 37.3 Å². The number of aryl methyl sites for hydroxylation is 1. The number of hydrogen-bond donors (Lipinski definition) is 1. The maximum atomic E-state index is 12.2. The third-order valence-corrected chi connectivity index (χ3v) is 4.18. The summed E-state index contributed by atoms with van der Waals surface area (Å²) in [5.41, 5.74) is 2.46. The number of benzene rings is 2. The van der Waals surface area contributed by atoms with Crippen LogP contribution in [-0.2, 0) is 16.1 Å². The van der Waals surface area contributed by atoms with Crippen molar-refractivity contribution < 1.29 is 14.3 Å². The first-order chi connectivity index (χ1) is 11.9. The molecule has 2 aromatic rings. The van der Waals surface area contributed by atoms with Gasteiger partial charge in [-0.15, -0.1) is 0 Å². The number of hydrogen-bond acceptors (Lipinski definition) is 3. The average Bonchev–Trinajstić information content (AvgIpc) is 2.58. The molecule has 0 aromatic heterocycles. The van der Waals surface area contributed by atoms with E-state index in [0.29, 0.717) is 17.3 Å². The predicted octanol–water partition coefficient (Wildman–Crippen LogP) is 3.64. The topological polar surface area (TPSA) is 58.6 Å². The van der Waals surface area contributed by atoms with E-state index < -0.39 is 0 Å². The van der Waals surface area contributed by atoms with Crippen molar-refractivity contribution in [2.24, 2.45) is 0 Å². The molecule has 0 atom stereocenters. The fourth-order valence-corrected chi connectivity index (χ4v) is 2.45. The van der Waals surface area contributed by atoms with Crippen molar-refractivity contribution in [3.8, 4) is 5.75 Å². The Bertz CT molecular complexity index is 760. The van der Waals surface area contributed by atoms with E-state index in [1.165, 1.54) is 11.8 Å². The van der Waals surface area contributed by atoms with E-state index in [0.717, 1.165) is 16.9 Å². The molecule has 0 saturated heterocycles. The molecule has 0 bridgehead atoms. The minimum absolute atomic E-state index is 0.0349. The fraction of sp³-hybridized carbons (Fsp3) is 0.263. The SMILES string of the molecule is COc1ccc(CN(CC(=O)Nc2ccc(C)c(Cl)c2)C(C)=O)cc1. The summed E-state index contributed by atoms with van der Waals surface area (Å²) < 4.78 is 5.12. The molecule has 0 spiro atoms. The zero-order valence-electron chi connectivity index (χ0n) is 14.5. The van der Waals surface area contributed by atoms with E-state index >= 15 is 0 Å². The lowest BCUT2D eigenvalue weighted by Gasteiger charge is -2.21. The monoisotopic (exact) mass is 360 g/mol. The molecule has 5 nitrogen and oxygen atoms in total. The number of rotatable bonds is 6. The summed E-state index contributed by atoms with van der Waals surface area (Å²) in [6.07, 6.45) is 0. The van der Waals surface area contributed by atoms with Gasteiger partial charge in [-0.1, -0.05) is 29.8 Å². The molecule has 25 heavy (non-hydrogen) atoms. The summed E-state index contributed by atoms with van der Waals surface area (Å²) in [7, 11) is 1.60. The number of nitrogens with one attached hydrogen (secondary N) is 1. The first-order valence-corrected chi connectivity index (χ1v) is 8.21. The van der Waals surface area contributed by atoms with Crippen LogP contribution in [0.15, 0.2) is 42.5 Å². The van der Waals surface area contributed by atoms with Gasteiger partial charge in [0.2, 0.25) is 11.8 Å². The Morgan fingerprint density at radius 3 is 2.40 bits per heavy atom. The number of carbonyl (C=O) groups excluding carboxylic acids is 2. The highest BCUT2D eigenvalue weighted by Crippen LogP contribution is 2.20. The van der Waals surface area contributed by atoms with Crippen molar-refractivity contribution in [2.75, 3.05) is 19.0 Å². The maximum absolute atomic E-state index is 12.2. The van der Waals surface area contributed by atoms with Crippen molar-refractivity contribution >= 4 is 29.1 Å². The Morgan fingerprint density at radius 1 is 1.16 bits per heavy atom. The van der Waals surface area contributed by atoms with Gasteiger partial charge in [-0.05, 0) is 42.3 Å². The van der Waals surface area contributed by atoms with Gasteiger partial charge in [0.15, 0.2) is 0 Å². The Balaban J connectivity index is 2.00. The molecule has 0 aliphatic rings. The first kappa shape index (κ1) is 18.8. The van der Waals surface area contributed by atoms with Crippen LogP contribution in [-0.4, -0.2) is 30.4 Å². The Kier molecular flexibility index (Phi) is 6.42. The zero-order chi connectivity index (χ0) is 18.4. The Morgan fingerprint density at radius 2 is 1.84 bits per heavy atom. The molecule has 132 valence electrons. The quantitative estimate of drug-likeness (QED) is 0.855. The highest BCUT2D eigenvalue weighted by Gasteiger charge is 2.14. The van der Waals surface area contributed by atoms with E-state index in [4.69, 9.17) is 16.3 Å². The van der Waals surface area contributed by atoms with Gasteiger partial charge < -0.3 is 15.0 Å². The summed E-state index contributed by atoms with van der Waals surface area (Å²) in [5.74, 6) is 0.295. The molecule has 0 fully saturated rings. The molecule has 2 amide bonds.